The van der Waals surface area contributed by atoms with Gasteiger partial charge in [0.05, 0.1) is 11.0 Å². The van der Waals surface area contributed by atoms with Crippen LogP contribution in [-0.4, -0.2) is 52.6 Å². The summed E-state index contributed by atoms with van der Waals surface area (Å²) in [4.78, 5) is 41.3. The summed E-state index contributed by atoms with van der Waals surface area (Å²) in [5, 5.41) is 1.55. The lowest BCUT2D eigenvalue weighted by Crippen LogP contribution is -2.44. The molecule has 31 heavy (non-hydrogen) atoms. The Kier molecular flexibility index (Phi) is 6.32. The van der Waals surface area contributed by atoms with Gasteiger partial charge in [0.1, 0.15) is 12.3 Å². The number of carbonyl (C=O) groups excluding carboxylic acids is 3. The van der Waals surface area contributed by atoms with Crippen LogP contribution in [0.25, 0.3) is 16.8 Å². The zero-order chi connectivity index (χ0) is 22.0. The average molecular weight is 439 g/mol. The lowest BCUT2D eigenvalue weighted by Gasteiger charge is -2.27. The summed E-state index contributed by atoms with van der Waals surface area (Å²) in [6.07, 6.45) is 4.72. The Bertz CT molecular complexity index is 1060. The number of thioether (sulfide) groups is 1. The van der Waals surface area contributed by atoms with Gasteiger partial charge in [-0.05, 0) is 67.8 Å². The van der Waals surface area contributed by atoms with E-state index in [-0.39, 0.29) is 18.6 Å². The quantitative estimate of drug-likeness (QED) is 0.635. The van der Waals surface area contributed by atoms with E-state index in [0.29, 0.717) is 23.7 Å². The minimum absolute atomic E-state index is 0.0365. The fourth-order valence-corrected chi connectivity index (χ4v) is 4.75. The summed E-state index contributed by atoms with van der Waals surface area (Å²) in [6.45, 7) is 5.07. The third-order valence-electron chi connectivity index (χ3n) is 5.44. The molecule has 0 aromatic heterocycles. The summed E-state index contributed by atoms with van der Waals surface area (Å²) in [5.41, 5.74) is 0.764. The molecule has 2 heterocycles. The Hall–Kier alpha value is -2.80. The molecular formula is C24H26N2O4S. The lowest BCUT2D eigenvalue weighted by atomic mass is 10.0. The number of amides is 3. The summed E-state index contributed by atoms with van der Waals surface area (Å²) < 4.78 is 5.97. The van der Waals surface area contributed by atoms with Crippen molar-refractivity contribution in [3.8, 4) is 5.75 Å². The topological polar surface area (TPSA) is 66.9 Å². The van der Waals surface area contributed by atoms with Gasteiger partial charge in [0, 0.05) is 18.7 Å². The van der Waals surface area contributed by atoms with Crippen molar-refractivity contribution in [2.45, 2.75) is 39.2 Å². The summed E-state index contributed by atoms with van der Waals surface area (Å²) in [7, 11) is 0. The molecule has 0 spiro atoms. The highest BCUT2D eigenvalue weighted by molar-refractivity contribution is 8.18. The number of carbonyl (C=O) groups is 3. The number of nitrogens with zero attached hydrogens (tertiary/aromatic N) is 2. The Morgan fingerprint density at radius 3 is 2.58 bits per heavy atom. The summed E-state index contributed by atoms with van der Waals surface area (Å²) >= 11 is 0.874. The van der Waals surface area contributed by atoms with Crippen molar-refractivity contribution in [3.05, 3.63) is 46.9 Å². The van der Waals surface area contributed by atoms with Gasteiger partial charge < -0.3 is 9.64 Å². The monoisotopic (exact) mass is 438 g/mol. The highest BCUT2D eigenvalue weighted by Crippen LogP contribution is 2.37. The molecule has 7 heteroatoms. The van der Waals surface area contributed by atoms with Crippen LogP contribution in [0.5, 0.6) is 5.75 Å². The molecule has 0 N–H and O–H groups in total. The van der Waals surface area contributed by atoms with Crippen molar-refractivity contribution in [1.29, 1.82) is 0 Å². The van der Waals surface area contributed by atoms with Gasteiger partial charge in [0.25, 0.3) is 11.1 Å². The maximum Gasteiger partial charge on any atom is 0.294 e. The second kappa shape index (κ2) is 9.14. The maximum atomic E-state index is 13.0. The lowest BCUT2D eigenvalue weighted by molar-refractivity contribution is -0.136. The molecule has 3 amide bonds. The van der Waals surface area contributed by atoms with Gasteiger partial charge in [-0.1, -0.05) is 30.3 Å². The second-order valence-electron chi connectivity index (χ2n) is 8.07. The van der Waals surface area contributed by atoms with Crippen molar-refractivity contribution in [1.82, 2.24) is 9.80 Å². The molecule has 0 aliphatic carbocycles. The van der Waals surface area contributed by atoms with Gasteiger partial charge in [-0.2, -0.15) is 0 Å². The first kappa shape index (κ1) is 21.4. The largest absolute Gasteiger partial charge is 0.490 e. The van der Waals surface area contributed by atoms with Crippen molar-refractivity contribution in [2.24, 2.45) is 0 Å². The first-order valence-corrected chi connectivity index (χ1v) is 11.5. The average Bonchev–Trinajstić information content (AvgIpc) is 3.03. The predicted molar refractivity (Wildman–Crippen MR) is 123 cm³/mol. The number of hydrogen-bond donors (Lipinski definition) is 0. The van der Waals surface area contributed by atoms with Gasteiger partial charge in [-0.25, -0.2) is 0 Å². The first-order chi connectivity index (χ1) is 14.9. The molecule has 0 saturated carbocycles. The van der Waals surface area contributed by atoms with Crippen LogP contribution in [0.3, 0.4) is 0 Å². The van der Waals surface area contributed by atoms with Crippen molar-refractivity contribution in [3.63, 3.8) is 0 Å². The summed E-state index contributed by atoms with van der Waals surface area (Å²) in [6, 6.07) is 11.7. The Balaban J connectivity index is 1.63. The maximum absolute atomic E-state index is 13.0. The highest BCUT2D eigenvalue weighted by Gasteiger charge is 2.37. The number of benzene rings is 2. The molecule has 2 aromatic carbocycles. The normalized spacial score (nSPS) is 18.5. The van der Waals surface area contributed by atoms with E-state index < -0.39 is 11.1 Å². The van der Waals surface area contributed by atoms with E-state index in [1.54, 1.807) is 11.0 Å². The Morgan fingerprint density at radius 1 is 1.10 bits per heavy atom. The van der Waals surface area contributed by atoms with E-state index >= 15 is 0 Å². The zero-order valence-corrected chi connectivity index (χ0v) is 18.6. The van der Waals surface area contributed by atoms with Crippen LogP contribution < -0.4 is 4.74 Å². The van der Waals surface area contributed by atoms with Crippen LogP contribution in [0.4, 0.5) is 4.79 Å². The molecule has 0 unspecified atom stereocenters. The number of ether oxygens (including phenoxy) is 1. The third kappa shape index (κ3) is 4.61. The molecule has 2 saturated heterocycles. The Morgan fingerprint density at radius 2 is 1.84 bits per heavy atom. The highest BCUT2D eigenvalue weighted by atomic mass is 32.2. The fourth-order valence-electron chi connectivity index (χ4n) is 3.93. The van der Waals surface area contributed by atoms with Crippen LogP contribution in [0.2, 0.25) is 0 Å². The first-order valence-electron chi connectivity index (χ1n) is 10.7. The molecule has 0 radical (unpaired) electrons. The number of piperidine rings is 1. The van der Waals surface area contributed by atoms with E-state index in [2.05, 4.69) is 0 Å². The molecule has 162 valence electrons. The number of likely N-dealkylation sites (tertiary alicyclic amines) is 1. The van der Waals surface area contributed by atoms with Crippen LogP contribution in [-0.2, 0) is 9.59 Å². The molecule has 2 aliphatic heterocycles. The second-order valence-corrected chi connectivity index (χ2v) is 9.07. The molecule has 2 aliphatic rings. The molecular weight excluding hydrogens is 412 g/mol. The van der Waals surface area contributed by atoms with Crippen LogP contribution in [0, 0.1) is 0 Å². The van der Waals surface area contributed by atoms with Crippen molar-refractivity contribution >= 4 is 45.7 Å². The van der Waals surface area contributed by atoms with E-state index in [0.717, 1.165) is 52.3 Å². The third-order valence-corrected chi connectivity index (χ3v) is 6.35. The van der Waals surface area contributed by atoms with E-state index in [4.69, 9.17) is 4.74 Å². The molecule has 2 aromatic rings. The number of fused-ring (bicyclic) bond motifs is 1. The zero-order valence-electron chi connectivity index (χ0n) is 17.8. The van der Waals surface area contributed by atoms with E-state index in [9.17, 15) is 14.4 Å². The van der Waals surface area contributed by atoms with Crippen molar-refractivity contribution in [2.75, 3.05) is 19.6 Å². The van der Waals surface area contributed by atoms with Crippen molar-refractivity contribution < 1.29 is 19.1 Å². The van der Waals surface area contributed by atoms with Gasteiger partial charge in [-0.15, -0.1) is 0 Å². The smallest absolute Gasteiger partial charge is 0.294 e. The SMILES string of the molecule is CC(C)Oc1ccc2ccccc2c1/C=C1/SC(=O)N(CC(=O)N2CCCCC2)C1=O. The van der Waals surface area contributed by atoms with Gasteiger partial charge in [0.15, 0.2) is 0 Å². The van der Waals surface area contributed by atoms with Gasteiger partial charge in [0.2, 0.25) is 5.91 Å². The number of imide groups is 1. The standard InChI is InChI=1S/C24H26N2O4S/c1-16(2)30-20-11-10-17-8-4-5-9-18(17)19(20)14-21-23(28)26(24(29)31-21)15-22(27)25-12-6-3-7-13-25/h4-5,8-11,14,16H,3,6-7,12-13,15H2,1-2H3/b21-14+. The van der Waals surface area contributed by atoms with Gasteiger partial charge in [-0.3, -0.25) is 19.3 Å². The minimum atomic E-state index is -0.427. The molecule has 0 bridgehead atoms. The number of hydrogen-bond acceptors (Lipinski definition) is 5. The fraction of sp³-hybridized carbons (Fsp3) is 0.375. The molecule has 2 fully saturated rings. The molecule has 0 atom stereocenters. The van der Waals surface area contributed by atoms with Crippen LogP contribution >= 0.6 is 11.8 Å². The van der Waals surface area contributed by atoms with Crippen LogP contribution in [0.1, 0.15) is 38.7 Å². The Labute approximate surface area is 186 Å². The van der Waals surface area contributed by atoms with E-state index in [1.165, 1.54) is 0 Å². The number of rotatable bonds is 5. The molecule has 4 rings (SSSR count). The van der Waals surface area contributed by atoms with E-state index in [1.807, 2.05) is 50.2 Å². The van der Waals surface area contributed by atoms with Gasteiger partial charge >= 0.3 is 0 Å². The summed E-state index contributed by atoms with van der Waals surface area (Å²) in [5.74, 6) is 0.0610. The predicted octanol–water partition coefficient (Wildman–Crippen LogP) is 4.68. The van der Waals surface area contributed by atoms with Crippen LogP contribution in [0.15, 0.2) is 41.3 Å². The minimum Gasteiger partial charge on any atom is -0.490 e. The molecule has 6 nitrogen and oxygen atoms in total.